The zero-order valence-corrected chi connectivity index (χ0v) is 7.66. The highest BCUT2D eigenvalue weighted by Crippen LogP contribution is 1.89. The molecule has 0 saturated heterocycles. The number of carboxylic acid groups (broad SMARTS) is 1. The molecular weight excluding hydrogens is 172 g/mol. The van der Waals surface area contributed by atoms with Crippen molar-refractivity contribution in [2.75, 3.05) is 0 Å². The third-order valence-electron chi connectivity index (χ3n) is 0.844. The molecule has 0 aromatic carbocycles. The van der Waals surface area contributed by atoms with E-state index in [2.05, 4.69) is 17.9 Å². The van der Waals surface area contributed by atoms with Crippen LogP contribution in [0.3, 0.4) is 0 Å². The lowest BCUT2D eigenvalue weighted by atomic mass is 10.3. The molecule has 4 nitrogen and oxygen atoms in total. The van der Waals surface area contributed by atoms with Crippen molar-refractivity contribution in [3.05, 3.63) is 25.5 Å². The summed E-state index contributed by atoms with van der Waals surface area (Å²) in [6.07, 6.45) is 3.29. The van der Waals surface area contributed by atoms with Crippen molar-refractivity contribution in [3.8, 4) is 0 Å². The normalized spacial score (nSPS) is 7.46. The summed E-state index contributed by atoms with van der Waals surface area (Å²) in [5, 5.41) is 7.60. The summed E-state index contributed by atoms with van der Waals surface area (Å²) in [6, 6.07) is 0. The number of carbonyl (C=O) groups excluding carboxylic acids is 1. The molecule has 0 aliphatic heterocycles. The van der Waals surface area contributed by atoms with Crippen LogP contribution in [0.25, 0.3) is 0 Å². The first kappa shape index (κ1) is 14.0. The smallest absolute Gasteiger partial charge is 0.327 e. The zero-order chi connectivity index (χ0) is 10.7. The van der Waals surface area contributed by atoms with Crippen LogP contribution >= 0.6 is 0 Å². The lowest BCUT2D eigenvalue weighted by Gasteiger charge is -1.92. The van der Waals surface area contributed by atoms with E-state index in [0.717, 1.165) is 18.8 Å². The molecule has 0 aromatic rings. The van der Waals surface area contributed by atoms with Gasteiger partial charge >= 0.3 is 11.9 Å². The van der Waals surface area contributed by atoms with Gasteiger partial charge in [0.2, 0.25) is 0 Å². The van der Waals surface area contributed by atoms with Gasteiger partial charge in [0.25, 0.3) is 0 Å². The van der Waals surface area contributed by atoms with Gasteiger partial charge in [-0.1, -0.05) is 20.1 Å². The average molecular weight is 186 g/mol. The van der Waals surface area contributed by atoms with Crippen molar-refractivity contribution < 1.29 is 19.4 Å². The van der Waals surface area contributed by atoms with Crippen molar-refractivity contribution in [2.24, 2.45) is 0 Å². The van der Waals surface area contributed by atoms with Gasteiger partial charge in [-0.2, -0.15) is 0 Å². The number of rotatable bonds is 4. The van der Waals surface area contributed by atoms with Crippen molar-refractivity contribution >= 4 is 11.9 Å². The van der Waals surface area contributed by atoms with Gasteiger partial charge in [0, 0.05) is 12.5 Å². The van der Waals surface area contributed by atoms with Gasteiger partial charge in [-0.25, -0.2) is 4.79 Å². The molecule has 0 saturated carbocycles. The molecule has 0 aromatic heterocycles. The Morgan fingerprint density at radius 1 is 1.46 bits per heavy atom. The second kappa shape index (κ2) is 10.4. The van der Waals surface area contributed by atoms with Crippen molar-refractivity contribution in [2.45, 2.75) is 19.8 Å². The number of aliphatic carboxylic acids is 1. The Kier molecular flexibility index (Phi) is 11.2. The van der Waals surface area contributed by atoms with Crippen LogP contribution in [0.15, 0.2) is 25.5 Å². The van der Waals surface area contributed by atoms with Gasteiger partial charge in [0.05, 0.1) is 6.26 Å². The molecule has 0 rings (SSSR count). The first-order valence-corrected chi connectivity index (χ1v) is 3.74. The van der Waals surface area contributed by atoms with Gasteiger partial charge < -0.3 is 9.84 Å². The van der Waals surface area contributed by atoms with Gasteiger partial charge in [0.1, 0.15) is 0 Å². The number of carbonyl (C=O) groups is 2. The van der Waals surface area contributed by atoms with Crippen LogP contribution in [0.1, 0.15) is 19.8 Å². The summed E-state index contributed by atoms with van der Waals surface area (Å²) in [4.78, 5) is 19.6. The van der Waals surface area contributed by atoms with E-state index in [1.165, 1.54) is 0 Å². The fourth-order valence-corrected chi connectivity index (χ4v) is 0.356. The number of ether oxygens (including phenoxy) is 1. The molecule has 4 heteroatoms. The summed E-state index contributed by atoms with van der Waals surface area (Å²) in [5.41, 5.74) is 0. The lowest BCUT2D eigenvalue weighted by molar-refractivity contribution is -0.138. The standard InChI is InChI=1S/C6H10O2.C3H4O2/c1-3-5-6(7)8-4-2;1-2-3(4)5/h4H,2-3,5H2,1H3;2H,1H2,(H,4,5). The summed E-state index contributed by atoms with van der Waals surface area (Å²) < 4.78 is 4.41. The first-order valence-electron chi connectivity index (χ1n) is 3.74. The Hall–Kier alpha value is -1.58. The number of esters is 1. The molecule has 74 valence electrons. The average Bonchev–Trinajstić information content (AvgIpc) is 2.06. The minimum Gasteiger partial charge on any atom is -0.478 e. The van der Waals surface area contributed by atoms with E-state index < -0.39 is 5.97 Å². The molecule has 0 radical (unpaired) electrons. The highest BCUT2D eigenvalue weighted by molar-refractivity contribution is 5.78. The third kappa shape index (κ3) is 17.9. The Morgan fingerprint density at radius 3 is 2.15 bits per heavy atom. The molecule has 0 spiro atoms. The van der Waals surface area contributed by atoms with E-state index >= 15 is 0 Å². The maximum absolute atomic E-state index is 10.3. The van der Waals surface area contributed by atoms with Crippen LogP contribution < -0.4 is 0 Å². The number of carboxylic acids is 1. The number of hydrogen-bond donors (Lipinski definition) is 1. The minimum absolute atomic E-state index is 0.206. The van der Waals surface area contributed by atoms with E-state index in [4.69, 9.17) is 5.11 Å². The fraction of sp³-hybridized carbons (Fsp3) is 0.333. The van der Waals surface area contributed by atoms with Crippen LogP contribution in [0.2, 0.25) is 0 Å². The second-order valence-corrected chi connectivity index (χ2v) is 1.95. The SMILES string of the molecule is C=CC(=O)O.C=COC(=O)CCC. The molecule has 0 atom stereocenters. The van der Waals surface area contributed by atoms with E-state index in [9.17, 15) is 9.59 Å². The fourth-order valence-electron chi connectivity index (χ4n) is 0.356. The second-order valence-electron chi connectivity index (χ2n) is 1.95. The molecule has 0 heterocycles. The van der Waals surface area contributed by atoms with Gasteiger partial charge in [-0.15, -0.1) is 0 Å². The maximum atomic E-state index is 10.3. The summed E-state index contributed by atoms with van der Waals surface area (Å²) in [6.45, 7) is 8.12. The van der Waals surface area contributed by atoms with Crippen LogP contribution in [-0.4, -0.2) is 17.0 Å². The van der Waals surface area contributed by atoms with Crippen molar-refractivity contribution in [1.29, 1.82) is 0 Å². The first-order chi connectivity index (χ1) is 6.08. The summed E-state index contributed by atoms with van der Waals surface area (Å²) >= 11 is 0. The largest absolute Gasteiger partial charge is 0.478 e. The van der Waals surface area contributed by atoms with E-state index in [-0.39, 0.29) is 5.97 Å². The number of hydrogen-bond acceptors (Lipinski definition) is 3. The predicted molar refractivity (Wildman–Crippen MR) is 49.0 cm³/mol. The summed E-state index contributed by atoms with van der Waals surface area (Å²) in [7, 11) is 0. The van der Waals surface area contributed by atoms with Crippen LogP contribution in [0.4, 0.5) is 0 Å². The minimum atomic E-state index is -0.981. The van der Waals surface area contributed by atoms with Crippen LogP contribution in [0.5, 0.6) is 0 Å². The Bertz CT molecular complexity index is 184. The third-order valence-corrected chi connectivity index (χ3v) is 0.844. The molecular formula is C9H14O4. The Labute approximate surface area is 77.5 Å². The van der Waals surface area contributed by atoms with Gasteiger partial charge in [-0.05, 0) is 6.42 Å². The Morgan fingerprint density at radius 2 is 1.92 bits per heavy atom. The van der Waals surface area contributed by atoms with E-state index in [1.54, 1.807) is 0 Å². The molecule has 0 fully saturated rings. The highest BCUT2D eigenvalue weighted by atomic mass is 16.5. The molecule has 0 unspecified atom stereocenters. The molecule has 0 bridgehead atoms. The molecule has 0 aliphatic rings. The Balaban J connectivity index is 0. The van der Waals surface area contributed by atoms with Crippen molar-refractivity contribution in [1.82, 2.24) is 0 Å². The lowest BCUT2D eigenvalue weighted by Crippen LogP contribution is -1.96. The quantitative estimate of drug-likeness (QED) is 0.412. The highest BCUT2D eigenvalue weighted by Gasteiger charge is 1.94. The molecule has 0 amide bonds. The molecule has 0 aliphatic carbocycles. The monoisotopic (exact) mass is 186 g/mol. The van der Waals surface area contributed by atoms with E-state index in [1.807, 2.05) is 6.92 Å². The van der Waals surface area contributed by atoms with Crippen LogP contribution in [0, 0.1) is 0 Å². The van der Waals surface area contributed by atoms with E-state index in [0.29, 0.717) is 6.42 Å². The summed E-state index contributed by atoms with van der Waals surface area (Å²) in [5.74, 6) is -1.19. The molecule has 13 heavy (non-hydrogen) atoms. The maximum Gasteiger partial charge on any atom is 0.327 e. The predicted octanol–water partition coefficient (Wildman–Crippen LogP) is 1.73. The zero-order valence-electron chi connectivity index (χ0n) is 7.66. The van der Waals surface area contributed by atoms with Gasteiger partial charge in [0.15, 0.2) is 0 Å². The molecule has 1 N–H and O–H groups in total. The van der Waals surface area contributed by atoms with Crippen molar-refractivity contribution in [3.63, 3.8) is 0 Å². The topological polar surface area (TPSA) is 63.6 Å². The van der Waals surface area contributed by atoms with Gasteiger partial charge in [-0.3, -0.25) is 4.79 Å². The van der Waals surface area contributed by atoms with Crippen LogP contribution in [-0.2, 0) is 14.3 Å².